The smallest absolute Gasteiger partial charge is 0.395 e. The SMILES string of the molecule is COc1cc2ncc(-c3cccc(NC4CNCC4C(F)(F)F)n3)n2cc1C1CC1. The van der Waals surface area contributed by atoms with Gasteiger partial charge in [-0.15, -0.1) is 0 Å². The summed E-state index contributed by atoms with van der Waals surface area (Å²) in [5, 5.41) is 5.78. The van der Waals surface area contributed by atoms with Crippen LogP contribution in [0.25, 0.3) is 17.0 Å². The van der Waals surface area contributed by atoms with E-state index >= 15 is 0 Å². The van der Waals surface area contributed by atoms with Gasteiger partial charge in [-0.1, -0.05) is 6.07 Å². The molecule has 0 radical (unpaired) electrons. The predicted molar refractivity (Wildman–Crippen MR) is 107 cm³/mol. The summed E-state index contributed by atoms with van der Waals surface area (Å²) < 4.78 is 47.2. The van der Waals surface area contributed by atoms with E-state index in [0.29, 0.717) is 17.4 Å². The summed E-state index contributed by atoms with van der Waals surface area (Å²) in [4.78, 5) is 9.05. The Balaban J connectivity index is 1.47. The fourth-order valence-electron chi connectivity index (χ4n) is 4.11. The molecule has 1 aliphatic heterocycles. The highest BCUT2D eigenvalue weighted by atomic mass is 19.4. The Labute approximate surface area is 171 Å². The number of hydrogen-bond acceptors (Lipinski definition) is 5. The van der Waals surface area contributed by atoms with E-state index in [-0.39, 0.29) is 13.1 Å². The van der Waals surface area contributed by atoms with Crippen LogP contribution in [0.15, 0.2) is 36.7 Å². The molecule has 0 aromatic carbocycles. The number of rotatable bonds is 5. The minimum absolute atomic E-state index is 0.0834. The molecule has 4 heterocycles. The summed E-state index contributed by atoms with van der Waals surface area (Å²) in [5.74, 6) is 0.306. The van der Waals surface area contributed by atoms with Gasteiger partial charge in [0.2, 0.25) is 0 Å². The molecular weight excluding hydrogens is 395 g/mol. The molecule has 2 unspecified atom stereocenters. The number of hydrogen-bond donors (Lipinski definition) is 2. The maximum absolute atomic E-state index is 13.2. The van der Waals surface area contributed by atoms with Crippen LogP contribution in [0.1, 0.15) is 24.3 Å². The van der Waals surface area contributed by atoms with Crippen molar-refractivity contribution in [3.8, 4) is 17.1 Å². The molecule has 2 atom stereocenters. The second kappa shape index (κ2) is 7.16. The minimum atomic E-state index is -4.25. The van der Waals surface area contributed by atoms with Crippen LogP contribution in [0, 0.1) is 5.92 Å². The van der Waals surface area contributed by atoms with Gasteiger partial charge < -0.3 is 15.4 Å². The molecule has 2 fully saturated rings. The van der Waals surface area contributed by atoms with Crippen molar-refractivity contribution in [2.24, 2.45) is 5.92 Å². The minimum Gasteiger partial charge on any atom is -0.496 e. The number of nitrogens with zero attached hydrogens (tertiary/aromatic N) is 3. The largest absolute Gasteiger partial charge is 0.496 e. The lowest BCUT2D eigenvalue weighted by molar-refractivity contribution is -0.170. The van der Waals surface area contributed by atoms with Crippen molar-refractivity contribution in [3.63, 3.8) is 0 Å². The van der Waals surface area contributed by atoms with Gasteiger partial charge in [-0.3, -0.25) is 4.40 Å². The molecule has 5 rings (SSSR count). The molecule has 1 aliphatic carbocycles. The highest BCUT2D eigenvalue weighted by Crippen LogP contribution is 2.44. The van der Waals surface area contributed by atoms with E-state index in [1.807, 2.05) is 22.7 Å². The van der Waals surface area contributed by atoms with Crippen LogP contribution in [-0.4, -0.2) is 46.8 Å². The number of anilines is 1. The Morgan fingerprint density at radius 1 is 1.23 bits per heavy atom. The fraction of sp³-hybridized carbons (Fsp3) is 0.429. The number of imidazole rings is 1. The van der Waals surface area contributed by atoms with Crippen LogP contribution < -0.4 is 15.4 Å². The zero-order valence-electron chi connectivity index (χ0n) is 16.4. The third-order valence-electron chi connectivity index (χ3n) is 5.85. The predicted octanol–water partition coefficient (Wildman–Crippen LogP) is 3.84. The first kappa shape index (κ1) is 19.2. The van der Waals surface area contributed by atoms with Gasteiger partial charge in [0, 0.05) is 30.9 Å². The number of pyridine rings is 2. The first-order valence-electron chi connectivity index (χ1n) is 10.0. The second-order valence-electron chi connectivity index (χ2n) is 7.91. The summed E-state index contributed by atoms with van der Waals surface area (Å²) in [7, 11) is 1.66. The number of fused-ring (bicyclic) bond motifs is 1. The quantitative estimate of drug-likeness (QED) is 0.661. The Hall–Kier alpha value is -2.81. The van der Waals surface area contributed by atoms with Gasteiger partial charge in [0.05, 0.1) is 36.7 Å². The highest BCUT2D eigenvalue weighted by Gasteiger charge is 2.47. The summed E-state index contributed by atoms with van der Waals surface area (Å²) in [6, 6.07) is 6.49. The molecule has 30 heavy (non-hydrogen) atoms. The molecule has 0 spiro atoms. The molecule has 2 N–H and O–H groups in total. The third kappa shape index (κ3) is 3.47. The molecule has 2 aliphatic rings. The monoisotopic (exact) mass is 417 g/mol. The number of halogens is 3. The van der Waals surface area contributed by atoms with Gasteiger partial charge >= 0.3 is 6.18 Å². The van der Waals surface area contributed by atoms with Gasteiger partial charge in [-0.25, -0.2) is 9.97 Å². The van der Waals surface area contributed by atoms with Crippen LogP contribution in [0.4, 0.5) is 19.0 Å². The van der Waals surface area contributed by atoms with Crippen LogP contribution in [0.3, 0.4) is 0 Å². The van der Waals surface area contributed by atoms with E-state index in [9.17, 15) is 13.2 Å². The molecule has 0 amide bonds. The van der Waals surface area contributed by atoms with E-state index < -0.39 is 18.1 Å². The average molecular weight is 417 g/mol. The topological polar surface area (TPSA) is 63.5 Å². The number of aromatic nitrogens is 3. The molecule has 1 saturated heterocycles. The Morgan fingerprint density at radius 2 is 2.07 bits per heavy atom. The molecule has 0 bridgehead atoms. The van der Waals surface area contributed by atoms with Crippen LogP contribution in [0.5, 0.6) is 5.75 Å². The van der Waals surface area contributed by atoms with Crippen molar-refractivity contribution in [2.75, 3.05) is 25.5 Å². The molecule has 3 aromatic rings. The third-order valence-corrected chi connectivity index (χ3v) is 5.85. The lowest BCUT2D eigenvalue weighted by Gasteiger charge is -2.22. The standard InChI is InChI=1S/C21H22F3N5O/c1-30-18-7-20-26-10-17(29(20)11-13(18)12-5-6-12)15-3-2-4-19(27-15)28-16-9-25-8-14(16)21(22,23)24/h2-4,7,10-12,14,16,25H,5-6,8-9H2,1H3,(H,27,28). The summed E-state index contributed by atoms with van der Waals surface area (Å²) in [6.45, 7) is 0.163. The van der Waals surface area contributed by atoms with Gasteiger partial charge in [-0.05, 0) is 30.9 Å². The second-order valence-corrected chi connectivity index (χ2v) is 7.91. The van der Waals surface area contributed by atoms with E-state index in [1.54, 1.807) is 25.4 Å². The zero-order chi connectivity index (χ0) is 20.9. The van der Waals surface area contributed by atoms with E-state index in [2.05, 4.69) is 20.6 Å². The number of methoxy groups -OCH3 is 1. The fourth-order valence-corrected chi connectivity index (χ4v) is 4.11. The molecule has 1 saturated carbocycles. The Kier molecular flexibility index (Phi) is 4.57. The molecular formula is C21H22F3N5O. The van der Waals surface area contributed by atoms with Crippen LogP contribution in [-0.2, 0) is 0 Å². The number of alkyl halides is 3. The van der Waals surface area contributed by atoms with E-state index in [1.165, 1.54) is 0 Å². The molecule has 3 aromatic heterocycles. The van der Waals surface area contributed by atoms with Gasteiger partial charge in [0.1, 0.15) is 17.2 Å². The van der Waals surface area contributed by atoms with Crippen molar-refractivity contribution < 1.29 is 17.9 Å². The first-order chi connectivity index (χ1) is 14.4. The highest BCUT2D eigenvalue weighted by molar-refractivity contribution is 5.64. The number of ether oxygens (including phenoxy) is 1. The van der Waals surface area contributed by atoms with Crippen molar-refractivity contribution >= 4 is 11.5 Å². The lowest BCUT2D eigenvalue weighted by Crippen LogP contribution is -2.38. The van der Waals surface area contributed by atoms with Crippen molar-refractivity contribution in [3.05, 3.63) is 42.2 Å². The van der Waals surface area contributed by atoms with Crippen molar-refractivity contribution in [2.45, 2.75) is 31.0 Å². The summed E-state index contributed by atoms with van der Waals surface area (Å²) >= 11 is 0. The Morgan fingerprint density at radius 3 is 2.80 bits per heavy atom. The summed E-state index contributed by atoms with van der Waals surface area (Å²) in [6.07, 6.45) is 1.79. The van der Waals surface area contributed by atoms with Crippen molar-refractivity contribution in [1.29, 1.82) is 0 Å². The Bertz CT molecular complexity index is 1080. The van der Waals surface area contributed by atoms with Crippen molar-refractivity contribution in [1.82, 2.24) is 19.7 Å². The zero-order valence-corrected chi connectivity index (χ0v) is 16.4. The normalized spacial score (nSPS) is 21.9. The van der Waals surface area contributed by atoms with E-state index in [0.717, 1.165) is 35.5 Å². The summed E-state index contributed by atoms with van der Waals surface area (Å²) in [5.41, 5.74) is 3.32. The van der Waals surface area contributed by atoms with Crippen LogP contribution >= 0.6 is 0 Å². The average Bonchev–Trinajstić information content (AvgIpc) is 3.31. The molecule has 158 valence electrons. The van der Waals surface area contributed by atoms with Gasteiger partial charge in [0.25, 0.3) is 0 Å². The molecule has 6 nitrogen and oxygen atoms in total. The number of nitrogens with one attached hydrogen (secondary N) is 2. The van der Waals surface area contributed by atoms with Gasteiger partial charge in [-0.2, -0.15) is 13.2 Å². The van der Waals surface area contributed by atoms with Crippen LogP contribution in [0.2, 0.25) is 0 Å². The van der Waals surface area contributed by atoms with Gasteiger partial charge in [0.15, 0.2) is 0 Å². The maximum atomic E-state index is 13.2. The maximum Gasteiger partial charge on any atom is 0.395 e. The molecule has 9 heteroatoms. The first-order valence-corrected chi connectivity index (χ1v) is 10.0. The van der Waals surface area contributed by atoms with E-state index in [4.69, 9.17) is 4.74 Å². The lowest BCUT2D eigenvalue weighted by atomic mass is 10.0.